The minimum absolute atomic E-state index is 0.816. The van der Waals surface area contributed by atoms with Gasteiger partial charge in [-0.15, -0.1) is 10.2 Å². The molecule has 1 aromatic heterocycles. The van der Waals surface area contributed by atoms with E-state index >= 15 is 0 Å². The summed E-state index contributed by atoms with van der Waals surface area (Å²) in [7, 11) is 2.00. The van der Waals surface area contributed by atoms with Crippen LogP contribution in [0.1, 0.15) is 24.5 Å². The van der Waals surface area contributed by atoms with Gasteiger partial charge in [-0.1, -0.05) is 0 Å². The van der Waals surface area contributed by atoms with E-state index in [1.54, 1.807) is 0 Å². The summed E-state index contributed by atoms with van der Waals surface area (Å²) < 4.78 is 2.02. The van der Waals surface area contributed by atoms with E-state index < -0.39 is 0 Å². The van der Waals surface area contributed by atoms with Crippen LogP contribution in [-0.2, 0) is 13.6 Å². The topological polar surface area (TPSA) is 42.7 Å². The van der Waals surface area contributed by atoms with Crippen LogP contribution < -0.4 is 5.32 Å². The number of nitrogens with zero attached hydrogens (tertiary/aromatic N) is 3. The number of hydrogen-bond donors (Lipinski definition) is 1. The highest BCUT2D eigenvalue weighted by atomic mass is 32.2. The second-order valence-corrected chi connectivity index (χ2v) is 4.58. The van der Waals surface area contributed by atoms with Crippen molar-refractivity contribution >= 4 is 11.8 Å². The van der Waals surface area contributed by atoms with Gasteiger partial charge in [-0.25, -0.2) is 0 Å². The number of hydrogen-bond acceptors (Lipinski definition) is 4. The number of aryl methyl sites for hydroxylation is 1. The molecule has 1 heterocycles. The first-order valence-corrected chi connectivity index (χ1v) is 6.69. The summed E-state index contributed by atoms with van der Waals surface area (Å²) in [4.78, 5) is 0. The molecule has 1 N–H and O–H groups in total. The van der Waals surface area contributed by atoms with E-state index in [0.29, 0.717) is 0 Å². The molecule has 15 heavy (non-hydrogen) atoms. The van der Waals surface area contributed by atoms with Crippen LogP contribution in [0.15, 0.2) is 0 Å². The third-order valence-corrected chi connectivity index (χ3v) is 3.11. The summed E-state index contributed by atoms with van der Waals surface area (Å²) in [6, 6.07) is 0. The van der Waals surface area contributed by atoms with Gasteiger partial charge in [-0.2, -0.15) is 11.8 Å². The van der Waals surface area contributed by atoms with Gasteiger partial charge in [0.25, 0.3) is 0 Å². The Labute approximate surface area is 95.9 Å². The monoisotopic (exact) mass is 228 g/mol. The minimum atomic E-state index is 0.816. The zero-order valence-electron chi connectivity index (χ0n) is 9.79. The SMILES string of the molecule is CSCCCCNCc1nnc(C)n1C. The molecule has 0 aromatic carbocycles. The quantitative estimate of drug-likeness (QED) is 0.716. The Kier molecular flexibility index (Phi) is 5.71. The summed E-state index contributed by atoms with van der Waals surface area (Å²) in [5.74, 6) is 3.23. The highest BCUT2D eigenvalue weighted by molar-refractivity contribution is 7.98. The molecule has 1 aromatic rings. The number of nitrogens with one attached hydrogen (secondary N) is 1. The standard InChI is InChI=1S/C10H20N4S/c1-9-12-13-10(14(9)2)8-11-6-4-5-7-15-3/h11H,4-8H2,1-3H3. The smallest absolute Gasteiger partial charge is 0.146 e. The summed E-state index contributed by atoms with van der Waals surface area (Å²) in [6.07, 6.45) is 4.67. The summed E-state index contributed by atoms with van der Waals surface area (Å²) in [5, 5.41) is 11.5. The Hall–Kier alpha value is -0.550. The highest BCUT2D eigenvalue weighted by Gasteiger charge is 2.02. The van der Waals surface area contributed by atoms with Crippen molar-refractivity contribution in [2.24, 2.45) is 7.05 Å². The van der Waals surface area contributed by atoms with E-state index in [0.717, 1.165) is 24.7 Å². The third kappa shape index (κ3) is 4.22. The van der Waals surface area contributed by atoms with Gasteiger partial charge >= 0.3 is 0 Å². The molecule has 0 radical (unpaired) electrons. The predicted octanol–water partition coefficient (Wildman–Crippen LogP) is 1.36. The summed E-state index contributed by atoms with van der Waals surface area (Å²) >= 11 is 1.91. The minimum Gasteiger partial charge on any atom is -0.317 e. The van der Waals surface area contributed by atoms with Crippen molar-refractivity contribution < 1.29 is 0 Å². The maximum absolute atomic E-state index is 4.10. The fourth-order valence-corrected chi connectivity index (χ4v) is 1.79. The molecule has 1 rings (SSSR count). The van der Waals surface area contributed by atoms with Crippen molar-refractivity contribution in [3.05, 3.63) is 11.6 Å². The van der Waals surface area contributed by atoms with Crippen LogP contribution >= 0.6 is 11.8 Å². The van der Waals surface area contributed by atoms with Gasteiger partial charge in [0, 0.05) is 7.05 Å². The lowest BCUT2D eigenvalue weighted by molar-refractivity contribution is 0.607. The van der Waals surface area contributed by atoms with E-state index in [-0.39, 0.29) is 0 Å². The molecule has 0 fully saturated rings. The summed E-state index contributed by atoms with van der Waals surface area (Å²) in [6.45, 7) is 3.85. The molecule has 0 saturated heterocycles. The molecule has 0 amide bonds. The zero-order valence-corrected chi connectivity index (χ0v) is 10.6. The van der Waals surface area contributed by atoms with Gasteiger partial charge in [0.15, 0.2) is 0 Å². The van der Waals surface area contributed by atoms with Crippen molar-refractivity contribution in [1.82, 2.24) is 20.1 Å². The van der Waals surface area contributed by atoms with Gasteiger partial charge in [-0.05, 0) is 38.3 Å². The average Bonchev–Trinajstić information content (AvgIpc) is 2.54. The second kappa shape index (κ2) is 6.85. The Balaban J connectivity index is 2.12. The molecule has 0 aliphatic carbocycles. The summed E-state index contributed by atoms with van der Waals surface area (Å²) in [5.41, 5.74) is 0. The van der Waals surface area contributed by atoms with Crippen molar-refractivity contribution in [2.45, 2.75) is 26.3 Å². The van der Waals surface area contributed by atoms with E-state index in [9.17, 15) is 0 Å². The van der Waals surface area contributed by atoms with Crippen LogP contribution in [0.25, 0.3) is 0 Å². The molecule has 0 aliphatic heterocycles. The van der Waals surface area contributed by atoms with E-state index in [1.807, 2.05) is 30.3 Å². The van der Waals surface area contributed by atoms with Gasteiger partial charge in [-0.3, -0.25) is 0 Å². The van der Waals surface area contributed by atoms with Crippen molar-refractivity contribution in [3.8, 4) is 0 Å². The van der Waals surface area contributed by atoms with E-state index in [4.69, 9.17) is 0 Å². The first-order valence-electron chi connectivity index (χ1n) is 5.30. The Morgan fingerprint density at radius 3 is 2.73 bits per heavy atom. The van der Waals surface area contributed by atoms with Crippen LogP contribution in [-0.4, -0.2) is 33.3 Å². The van der Waals surface area contributed by atoms with Gasteiger partial charge in [0.2, 0.25) is 0 Å². The van der Waals surface area contributed by atoms with Crippen molar-refractivity contribution in [2.75, 3.05) is 18.6 Å². The molecule has 0 bridgehead atoms. The Morgan fingerprint density at radius 2 is 2.13 bits per heavy atom. The lowest BCUT2D eigenvalue weighted by atomic mass is 10.3. The fraction of sp³-hybridized carbons (Fsp3) is 0.800. The molecule has 0 aliphatic rings. The number of unbranched alkanes of at least 4 members (excludes halogenated alkanes) is 1. The molecule has 0 spiro atoms. The third-order valence-electron chi connectivity index (χ3n) is 2.42. The van der Waals surface area contributed by atoms with Gasteiger partial charge in [0.05, 0.1) is 6.54 Å². The molecule has 0 unspecified atom stereocenters. The molecule has 4 nitrogen and oxygen atoms in total. The van der Waals surface area contributed by atoms with Crippen LogP contribution in [0.3, 0.4) is 0 Å². The van der Waals surface area contributed by atoms with E-state index in [2.05, 4.69) is 21.8 Å². The molecular weight excluding hydrogens is 208 g/mol. The number of aromatic nitrogens is 3. The molecule has 0 atom stereocenters. The largest absolute Gasteiger partial charge is 0.317 e. The lowest BCUT2D eigenvalue weighted by Gasteiger charge is -2.04. The van der Waals surface area contributed by atoms with E-state index in [1.165, 1.54) is 18.6 Å². The normalized spacial score (nSPS) is 10.9. The molecule has 86 valence electrons. The van der Waals surface area contributed by atoms with Gasteiger partial charge < -0.3 is 9.88 Å². The maximum atomic E-state index is 4.10. The lowest BCUT2D eigenvalue weighted by Crippen LogP contribution is -2.17. The van der Waals surface area contributed by atoms with Crippen molar-refractivity contribution in [1.29, 1.82) is 0 Å². The fourth-order valence-electron chi connectivity index (χ4n) is 1.30. The molecule has 5 heteroatoms. The average molecular weight is 228 g/mol. The molecule has 0 saturated carbocycles. The van der Waals surface area contributed by atoms with Crippen molar-refractivity contribution in [3.63, 3.8) is 0 Å². The van der Waals surface area contributed by atoms with Crippen LogP contribution in [0, 0.1) is 6.92 Å². The zero-order chi connectivity index (χ0) is 11.1. The first-order chi connectivity index (χ1) is 7.25. The number of rotatable bonds is 7. The van der Waals surface area contributed by atoms with Crippen LogP contribution in [0.4, 0.5) is 0 Å². The number of thioether (sulfide) groups is 1. The predicted molar refractivity (Wildman–Crippen MR) is 65.1 cm³/mol. The Bertz CT molecular complexity index is 285. The van der Waals surface area contributed by atoms with Crippen LogP contribution in [0.2, 0.25) is 0 Å². The highest BCUT2D eigenvalue weighted by Crippen LogP contribution is 1.99. The second-order valence-electron chi connectivity index (χ2n) is 3.60. The molecular formula is C10H20N4S. The first kappa shape index (κ1) is 12.5. The Morgan fingerprint density at radius 1 is 1.33 bits per heavy atom. The van der Waals surface area contributed by atoms with Gasteiger partial charge in [0.1, 0.15) is 11.6 Å². The van der Waals surface area contributed by atoms with Crippen LogP contribution in [0.5, 0.6) is 0 Å². The maximum Gasteiger partial charge on any atom is 0.146 e.